The van der Waals surface area contributed by atoms with Crippen molar-refractivity contribution < 1.29 is 13.2 Å². The maximum Gasteiger partial charge on any atom is 0.417 e. The first-order valence-electron chi connectivity index (χ1n) is 5.81. The Balaban J connectivity index is 1.89. The van der Waals surface area contributed by atoms with E-state index < -0.39 is 11.7 Å². The molecule has 2 heterocycles. The van der Waals surface area contributed by atoms with Crippen molar-refractivity contribution in [3.8, 4) is 0 Å². The number of nitrogens with one attached hydrogen (secondary N) is 1. The maximum atomic E-state index is 12.3. The van der Waals surface area contributed by atoms with Gasteiger partial charge in [-0.25, -0.2) is 0 Å². The average Bonchev–Trinajstić information content (AvgIpc) is 2.78. The van der Waals surface area contributed by atoms with Gasteiger partial charge in [-0.15, -0.1) is 0 Å². The Morgan fingerprint density at radius 3 is 2.71 bits per heavy atom. The highest BCUT2D eigenvalue weighted by Gasteiger charge is 2.30. The molecule has 2 nitrogen and oxygen atoms in total. The Kier molecular flexibility index (Phi) is 3.66. The first-order chi connectivity index (χ1) is 8.05. The molecule has 0 bridgehead atoms. The molecule has 0 amide bonds. The molecule has 1 aromatic rings. The minimum atomic E-state index is -4.29. The minimum Gasteiger partial charge on any atom is -0.314 e. The van der Waals surface area contributed by atoms with Gasteiger partial charge in [0.2, 0.25) is 0 Å². The van der Waals surface area contributed by atoms with Crippen molar-refractivity contribution in [2.45, 2.75) is 37.9 Å². The summed E-state index contributed by atoms with van der Waals surface area (Å²) in [7, 11) is 0. The second-order valence-corrected chi connectivity index (χ2v) is 4.37. The largest absolute Gasteiger partial charge is 0.417 e. The van der Waals surface area contributed by atoms with Crippen molar-refractivity contribution >= 4 is 0 Å². The highest BCUT2D eigenvalue weighted by atomic mass is 19.4. The van der Waals surface area contributed by atoms with E-state index in [0.717, 1.165) is 43.8 Å². The lowest BCUT2D eigenvalue weighted by Crippen LogP contribution is -2.21. The summed E-state index contributed by atoms with van der Waals surface area (Å²) in [6.07, 6.45) is 0.635. The van der Waals surface area contributed by atoms with Crippen LogP contribution < -0.4 is 5.32 Å². The second kappa shape index (κ2) is 5.04. The predicted octanol–water partition coefficient (Wildman–Crippen LogP) is 2.79. The molecule has 1 aliphatic rings. The van der Waals surface area contributed by atoms with Gasteiger partial charge in [-0.05, 0) is 44.4 Å². The predicted molar refractivity (Wildman–Crippen MR) is 58.6 cm³/mol. The van der Waals surface area contributed by atoms with Crippen molar-refractivity contribution in [2.24, 2.45) is 0 Å². The molecular weight excluding hydrogens is 229 g/mol. The molecule has 17 heavy (non-hydrogen) atoms. The molecule has 0 saturated carbocycles. The van der Waals surface area contributed by atoms with Crippen LogP contribution in [0.3, 0.4) is 0 Å². The molecule has 1 N–H and O–H groups in total. The van der Waals surface area contributed by atoms with Crippen LogP contribution in [0.2, 0.25) is 0 Å². The van der Waals surface area contributed by atoms with Crippen LogP contribution in [0.1, 0.15) is 30.5 Å². The second-order valence-electron chi connectivity index (χ2n) is 4.37. The number of nitrogens with zero attached hydrogens (tertiary/aromatic N) is 1. The zero-order valence-corrected chi connectivity index (χ0v) is 9.43. The molecule has 1 aromatic heterocycles. The number of halogens is 3. The van der Waals surface area contributed by atoms with E-state index in [1.807, 2.05) is 0 Å². The zero-order chi connectivity index (χ0) is 12.3. The van der Waals surface area contributed by atoms with Gasteiger partial charge in [0.25, 0.3) is 0 Å². The number of rotatable bonds is 3. The lowest BCUT2D eigenvalue weighted by molar-refractivity contribution is -0.137. The fourth-order valence-corrected chi connectivity index (χ4v) is 2.07. The molecule has 1 aliphatic heterocycles. The summed E-state index contributed by atoms with van der Waals surface area (Å²) >= 11 is 0. The zero-order valence-electron chi connectivity index (χ0n) is 9.43. The first-order valence-corrected chi connectivity index (χ1v) is 5.81. The van der Waals surface area contributed by atoms with Crippen molar-refractivity contribution in [2.75, 3.05) is 6.54 Å². The summed E-state index contributed by atoms with van der Waals surface area (Å²) in [6, 6.07) is 3.07. The molecule has 0 unspecified atom stereocenters. The highest BCUT2D eigenvalue weighted by molar-refractivity contribution is 5.17. The number of hydrogen-bond donors (Lipinski definition) is 1. The van der Waals surface area contributed by atoms with Crippen LogP contribution in [0.25, 0.3) is 0 Å². The van der Waals surface area contributed by atoms with E-state index in [1.54, 1.807) is 0 Å². The van der Waals surface area contributed by atoms with E-state index in [1.165, 1.54) is 12.5 Å². The molecule has 0 radical (unpaired) electrons. The van der Waals surface area contributed by atoms with Gasteiger partial charge < -0.3 is 5.32 Å². The molecule has 1 fully saturated rings. The number of aryl methyl sites for hydroxylation is 1. The summed E-state index contributed by atoms with van der Waals surface area (Å²) in [5.41, 5.74) is 0.0481. The third kappa shape index (κ3) is 3.43. The standard InChI is InChI=1S/C12H15F3N2/c13-12(14,15)9-3-4-11(17-8-9)6-5-10-2-1-7-16-10/h3-4,8,10,16H,1-2,5-7H2/t10-/m0/s1. The Morgan fingerprint density at radius 2 is 2.18 bits per heavy atom. The third-order valence-electron chi connectivity index (χ3n) is 3.06. The molecule has 2 rings (SSSR count). The monoisotopic (exact) mass is 244 g/mol. The lowest BCUT2D eigenvalue weighted by Gasteiger charge is -2.10. The highest BCUT2D eigenvalue weighted by Crippen LogP contribution is 2.28. The lowest BCUT2D eigenvalue weighted by atomic mass is 10.1. The van der Waals surface area contributed by atoms with E-state index in [2.05, 4.69) is 10.3 Å². The van der Waals surface area contributed by atoms with E-state index in [4.69, 9.17) is 0 Å². The van der Waals surface area contributed by atoms with Crippen LogP contribution in [0.5, 0.6) is 0 Å². The van der Waals surface area contributed by atoms with E-state index in [0.29, 0.717) is 6.04 Å². The van der Waals surface area contributed by atoms with Gasteiger partial charge in [-0.1, -0.05) is 0 Å². The van der Waals surface area contributed by atoms with Crippen LogP contribution >= 0.6 is 0 Å². The van der Waals surface area contributed by atoms with Crippen LogP contribution in [-0.2, 0) is 12.6 Å². The molecule has 1 saturated heterocycles. The fourth-order valence-electron chi connectivity index (χ4n) is 2.07. The quantitative estimate of drug-likeness (QED) is 0.884. The fraction of sp³-hybridized carbons (Fsp3) is 0.583. The molecule has 94 valence electrons. The van der Waals surface area contributed by atoms with Crippen LogP contribution in [-0.4, -0.2) is 17.6 Å². The van der Waals surface area contributed by atoms with Crippen LogP contribution in [0.15, 0.2) is 18.3 Å². The number of pyridine rings is 1. The van der Waals surface area contributed by atoms with E-state index >= 15 is 0 Å². The first kappa shape index (κ1) is 12.4. The Hall–Kier alpha value is -1.10. The summed E-state index contributed by atoms with van der Waals surface area (Å²) in [4.78, 5) is 3.86. The van der Waals surface area contributed by atoms with Gasteiger partial charge in [0.05, 0.1) is 5.56 Å². The maximum absolute atomic E-state index is 12.3. The smallest absolute Gasteiger partial charge is 0.314 e. The Labute approximate surface area is 98.2 Å². The van der Waals surface area contributed by atoms with Gasteiger partial charge in [0, 0.05) is 17.9 Å². The van der Waals surface area contributed by atoms with Gasteiger partial charge in [-0.2, -0.15) is 13.2 Å². The van der Waals surface area contributed by atoms with E-state index in [9.17, 15) is 13.2 Å². The van der Waals surface area contributed by atoms with Gasteiger partial charge in [0.15, 0.2) is 0 Å². The Bertz CT molecular complexity index is 353. The molecule has 5 heteroatoms. The van der Waals surface area contributed by atoms with Crippen LogP contribution in [0, 0.1) is 0 Å². The third-order valence-corrected chi connectivity index (χ3v) is 3.06. The molecule has 0 aromatic carbocycles. The Morgan fingerprint density at radius 1 is 1.35 bits per heavy atom. The minimum absolute atomic E-state index is 0.499. The normalized spacial score (nSPS) is 20.8. The number of aromatic nitrogens is 1. The van der Waals surface area contributed by atoms with Gasteiger partial charge >= 0.3 is 6.18 Å². The van der Waals surface area contributed by atoms with Gasteiger partial charge in [0.1, 0.15) is 0 Å². The topological polar surface area (TPSA) is 24.9 Å². The van der Waals surface area contributed by atoms with Crippen molar-refractivity contribution in [3.05, 3.63) is 29.6 Å². The molecule has 1 atom stereocenters. The summed E-state index contributed by atoms with van der Waals surface area (Å²) in [6.45, 7) is 1.05. The SMILES string of the molecule is FC(F)(F)c1ccc(CC[C@@H]2CCCN2)nc1. The summed E-state index contributed by atoms with van der Waals surface area (Å²) in [5.74, 6) is 0. The number of alkyl halides is 3. The van der Waals surface area contributed by atoms with E-state index in [-0.39, 0.29) is 0 Å². The van der Waals surface area contributed by atoms with Crippen LogP contribution in [0.4, 0.5) is 13.2 Å². The molecular formula is C12H15F3N2. The average molecular weight is 244 g/mol. The van der Waals surface area contributed by atoms with Crippen molar-refractivity contribution in [1.29, 1.82) is 0 Å². The summed E-state index contributed by atoms with van der Waals surface area (Å²) in [5, 5.41) is 3.35. The van der Waals surface area contributed by atoms with Gasteiger partial charge in [-0.3, -0.25) is 4.98 Å². The molecule has 0 aliphatic carbocycles. The molecule has 0 spiro atoms. The number of hydrogen-bond acceptors (Lipinski definition) is 2. The summed E-state index contributed by atoms with van der Waals surface area (Å²) < 4.78 is 36.9. The van der Waals surface area contributed by atoms with Crippen molar-refractivity contribution in [1.82, 2.24) is 10.3 Å². The van der Waals surface area contributed by atoms with Crippen molar-refractivity contribution in [3.63, 3.8) is 0 Å².